The lowest BCUT2D eigenvalue weighted by molar-refractivity contribution is 0.476. The highest BCUT2D eigenvalue weighted by Gasteiger charge is 2.22. The van der Waals surface area contributed by atoms with Crippen LogP contribution in [-0.4, -0.2) is 28.2 Å². The van der Waals surface area contributed by atoms with Gasteiger partial charge in [-0.05, 0) is 57.1 Å². The number of rotatable bonds is 2. The maximum atomic E-state index is 10.3. The molecule has 0 amide bonds. The van der Waals surface area contributed by atoms with Gasteiger partial charge < -0.3 is 10.0 Å². The Morgan fingerprint density at radius 3 is 2.32 bits per heavy atom. The number of aromatic hydroxyl groups is 1. The zero-order valence-electron chi connectivity index (χ0n) is 14.9. The van der Waals surface area contributed by atoms with Crippen molar-refractivity contribution in [2.45, 2.75) is 57.8 Å². The highest BCUT2D eigenvalue weighted by Crippen LogP contribution is 2.33. The number of phenols is 1. The Morgan fingerprint density at radius 1 is 0.800 bits per heavy atom. The van der Waals surface area contributed by atoms with Crippen molar-refractivity contribution in [3.63, 3.8) is 0 Å². The number of hydrogen-bond donors (Lipinski definition) is 1. The second kappa shape index (κ2) is 7.42. The normalized spacial score (nSPS) is 18.3. The van der Waals surface area contributed by atoms with E-state index >= 15 is 0 Å². The third-order valence-electron chi connectivity index (χ3n) is 5.46. The summed E-state index contributed by atoms with van der Waals surface area (Å²) in [5.74, 6) is 2.07. The molecule has 1 aliphatic heterocycles. The fourth-order valence-corrected chi connectivity index (χ4v) is 4.08. The topological polar surface area (TPSA) is 49.3 Å². The van der Waals surface area contributed by atoms with E-state index in [9.17, 15) is 5.11 Å². The van der Waals surface area contributed by atoms with E-state index in [1.165, 1.54) is 56.2 Å². The van der Waals surface area contributed by atoms with Crippen LogP contribution >= 0.6 is 0 Å². The Labute approximate surface area is 149 Å². The Bertz CT molecular complexity index is 738. The summed E-state index contributed by atoms with van der Waals surface area (Å²) < 4.78 is 0. The molecular weight excluding hydrogens is 310 g/mol. The average molecular weight is 337 g/mol. The lowest BCUT2D eigenvalue weighted by Gasteiger charge is -2.31. The number of nitrogens with zero attached hydrogens (tertiary/aromatic N) is 3. The van der Waals surface area contributed by atoms with E-state index in [2.05, 4.69) is 4.90 Å². The Hall–Kier alpha value is -2.10. The summed E-state index contributed by atoms with van der Waals surface area (Å²) in [6, 6.07) is 7.42. The monoisotopic (exact) mass is 337 g/mol. The van der Waals surface area contributed by atoms with E-state index in [-0.39, 0.29) is 5.75 Å². The van der Waals surface area contributed by atoms with Gasteiger partial charge in [-0.15, -0.1) is 0 Å². The predicted octanol–water partition coefficient (Wildman–Crippen LogP) is 4.50. The summed E-state index contributed by atoms with van der Waals surface area (Å²) in [6.07, 6.45) is 10.9. The molecule has 1 N–H and O–H groups in total. The molecule has 0 bridgehead atoms. The Balaban J connectivity index is 1.83. The second-order valence-corrected chi connectivity index (χ2v) is 7.28. The van der Waals surface area contributed by atoms with Crippen LogP contribution in [0.25, 0.3) is 11.4 Å². The first-order chi connectivity index (χ1) is 12.3. The van der Waals surface area contributed by atoms with Gasteiger partial charge in [0, 0.05) is 24.3 Å². The number of aromatic nitrogens is 2. The van der Waals surface area contributed by atoms with Gasteiger partial charge in [-0.1, -0.05) is 25.0 Å². The summed E-state index contributed by atoms with van der Waals surface area (Å²) in [6.45, 7) is 2.17. The van der Waals surface area contributed by atoms with Gasteiger partial charge in [0.2, 0.25) is 0 Å². The van der Waals surface area contributed by atoms with Crippen LogP contribution < -0.4 is 4.90 Å². The van der Waals surface area contributed by atoms with Gasteiger partial charge in [0.05, 0.1) is 5.56 Å². The second-order valence-electron chi connectivity index (χ2n) is 7.28. The van der Waals surface area contributed by atoms with Crippen molar-refractivity contribution in [1.82, 2.24) is 9.97 Å². The van der Waals surface area contributed by atoms with Crippen molar-refractivity contribution in [2.24, 2.45) is 0 Å². The number of aryl methyl sites for hydroxylation is 1. The SMILES string of the molecule is Oc1ccccc1-c1nc2c(c(N3CCCCC3)n1)CCCCCC2. The largest absolute Gasteiger partial charge is 0.507 e. The van der Waals surface area contributed by atoms with E-state index in [4.69, 9.17) is 9.97 Å². The van der Waals surface area contributed by atoms with Gasteiger partial charge in [0.25, 0.3) is 0 Å². The third kappa shape index (κ3) is 3.48. The highest BCUT2D eigenvalue weighted by atomic mass is 16.3. The van der Waals surface area contributed by atoms with Crippen LogP contribution in [0.2, 0.25) is 0 Å². The van der Waals surface area contributed by atoms with Gasteiger partial charge in [0.1, 0.15) is 11.6 Å². The first-order valence-electron chi connectivity index (χ1n) is 9.76. The van der Waals surface area contributed by atoms with Crippen LogP contribution in [0.3, 0.4) is 0 Å². The number of anilines is 1. The first kappa shape index (κ1) is 16.4. The maximum absolute atomic E-state index is 10.3. The minimum absolute atomic E-state index is 0.262. The molecule has 2 aliphatic rings. The van der Waals surface area contributed by atoms with Gasteiger partial charge in [0.15, 0.2) is 5.82 Å². The van der Waals surface area contributed by atoms with Crippen molar-refractivity contribution in [2.75, 3.05) is 18.0 Å². The van der Waals surface area contributed by atoms with Gasteiger partial charge in [-0.2, -0.15) is 0 Å². The molecule has 4 heteroatoms. The van der Waals surface area contributed by atoms with Crippen LogP contribution in [0.15, 0.2) is 24.3 Å². The van der Waals surface area contributed by atoms with Gasteiger partial charge in [-0.25, -0.2) is 9.97 Å². The molecule has 25 heavy (non-hydrogen) atoms. The van der Waals surface area contributed by atoms with Crippen LogP contribution in [0.4, 0.5) is 5.82 Å². The molecule has 0 unspecified atom stereocenters. The zero-order chi connectivity index (χ0) is 17.1. The van der Waals surface area contributed by atoms with Crippen molar-refractivity contribution in [3.05, 3.63) is 35.5 Å². The minimum atomic E-state index is 0.262. The molecule has 1 fully saturated rings. The summed E-state index contributed by atoms with van der Waals surface area (Å²) in [5.41, 5.74) is 3.31. The molecule has 0 radical (unpaired) electrons. The van der Waals surface area contributed by atoms with Crippen molar-refractivity contribution in [1.29, 1.82) is 0 Å². The predicted molar refractivity (Wildman–Crippen MR) is 101 cm³/mol. The molecule has 132 valence electrons. The molecule has 1 aromatic carbocycles. The van der Waals surface area contributed by atoms with Crippen molar-refractivity contribution in [3.8, 4) is 17.1 Å². The van der Waals surface area contributed by atoms with E-state index in [0.717, 1.165) is 37.3 Å². The van der Waals surface area contributed by atoms with Gasteiger partial charge >= 0.3 is 0 Å². The summed E-state index contributed by atoms with van der Waals surface area (Å²) in [4.78, 5) is 12.3. The molecule has 2 aromatic rings. The minimum Gasteiger partial charge on any atom is -0.507 e. The molecule has 1 aromatic heterocycles. The smallest absolute Gasteiger partial charge is 0.165 e. The number of hydrogen-bond acceptors (Lipinski definition) is 4. The standard InChI is InChI=1S/C21H27N3O/c25-19-13-7-6-11-17(19)20-22-18-12-5-2-1-4-10-16(18)21(23-20)24-14-8-3-9-15-24/h6-7,11,13,25H,1-5,8-10,12,14-15H2. The lowest BCUT2D eigenvalue weighted by Crippen LogP contribution is -2.32. The quantitative estimate of drug-likeness (QED) is 0.876. The fourth-order valence-electron chi connectivity index (χ4n) is 4.08. The third-order valence-corrected chi connectivity index (χ3v) is 5.46. The van der Waals surface area contributed by atoms with E-state index in [0.29, 0.717) is 5.82 Å². The van der Waals surface area contributed by atoms with Crippen molar-refractivity contribution < 1.29 is 5.11 Å². The van der Waals surface area contributed by atoms with Crippen LogP contribution in [0.1, 0.15) is 56.2 Å². The van der Waals surface area contributed by atoms with E-state index < -0.39 is 0 Å². The molecule has 4 rings (SSSR count). The Morgan fingerprint density at radius 2 is 1.52 bits per heavy atom. The fraction of sp³-hybridized carbons (Fsp3) is 0.524. The molecule has 4 nitrogen and oxygen atoms in total. The summed E-state index contributed by atoms with van der Waals surface area (Å²) >= 11 is 0. The number of para-hydroxylation sites is 1. The summed E-state index contributed by atoms with van der Waals surface area (Å²) in [5, 5.41) is 10.3. The van der Waals surface area contributed by atoms with Gasteiger partial charge in [-0.3, -0.25) is 0 Å². The van der Waals surface area contributed by atoms with Crippen LogP contribution in [0.5, 0.6) is 5.75 Å². The maximum Gasteiger partial charge on any atom is 0.165 e. The van der Waals surface area contributed by atoms with E-state index in [1.54, 1.807) is 6.07 Å². The average Bonchev–Trinajstić information content (AvgIpc) is 2.63. The van der Waals surface area contributed by atoms with Crippen LogP contribution in [-0.2, 0) is 12.8 Å². The number of piperidine rings is 1. The first-order valence-corrected chi connectivity index (χ1v) is 9.76. The highest BCUT2D eigenvalue weighted by molar-refractivity contribution is 5.66. The number of phenolic OH excluding ortho intramolecular Hbond substituents is 1. The zero-order valence-corrected chi connectivity index (χ0v) is 14.9. The van der Waals surface area contributed by atoms with Crippen LogP contribution in [0, 0.1) is 0 Å². The molecule has 2 heterocycles. The summed E-state index contributed by atoms with van der Waals surface area (Å²) in [7, 11) is 0. The van der Waals surface area contributed by atoms with E-state index in [1.807, 2.05) is 18.2 Å². The number of benzene rings is 1. The number of fused-ring (bicyclic) bond motifs is 1. The molecule has 1 saturated heterocycles. The van der Waals surface area contributed by atoms with Crippen molar-refractivity contribution >= 4 is 5.82 Å². The lowest BCUT2D eigenvalue weighted by atomic mass is 9.96. The Kier molecular flexibility index (Phi) is 4.86. The molecule has 0 spiro atoms. The molecule has 0 atom stereocenters. The molecular formula is C21H27N3O. The molecule has 1 aliphatic carbocycles. The molecule has 0 saturated carbocycles.